The number of aliphatic imine (C=N–C) groups is 1. The van der Waals surface area contributed by atoms with Crippen LogP contribution in [-0.2, 0) is 0 Å². The number of benzene rings is 1. The van der Waals surface area contributed by atoms with Crippen LogP contribution in [0.25, 0.3) is 0 Å². The molecular formula is C9H10ClN3. The minimum absolute atomic E-state index is 0.628. The molecule has 0 radical (unpaired) electrons. The molecule has 1 aromatic rings. The quantitative estimate of drug-likeness (QED) is 0.644. The van der Waals surface area contributed by atoms with Gasteiger partial charge in [-0.05, 0) is 12.1 Å². The van der Waals surface area contributed by atoms with Gasteiger partial charge in [-0.3, -0.25) is 4.99 Å². The molecule has 2 rings (SSSR count). The van der Waals surface area contributed by atoms with E-state index in [0.717, 1.165) is 17.9 Å². The summed E-state index contributed by atoms with van der Waals surface area (Å²) in [5.74, 6) is 0. The van der Waals surface area contributed by atoms with Crippen LogP contribution in [0.4, 0.5) is 17.1 Å². The first-order valence-corrected chi connectivity index (χ1v) is 4.39. The van der Waals surface area contributed by atoms with E-state index in [0.29, 0.717) is 10.7 Å². The molecular weight excluding hydrogens is 186 g/mol. The number of nitrogens with two attached hydrogens (primary N) is 1. The van der Waals surface area contributed by atoms with Crippen molar-refractivity contribution >= 4 is 34.9 Å². The van der Waals surface area contributed by atoms with Crippen LogP contribution in [0.5, 0.6) is 0 Å². The maximum atomic E-state index is 5.86. The van der Waals surface area contributed by atoms with E-state index in [2.05, 4.69) is 4.99 Å². The molecule has 13 heavy (non-hydrogen) atoms. The third kappa shape index (κ3) is 1.35. The highest BCUT2D eigenvalue weighted by Gasteiger charge is 2.14. The van der Waals surface area contributed by atoms with Gasteiger partial charge in [0.1, 0.15) is 0 Å². The summed E-state index contributed by atoms with van der Waals surface area (Å²) in [6.45, 7) is 0.791. The monoisotopic (exact) mass is 195 g/mol. The molecule has 0 atom stereocenters. The highest BCUT2D eigenvalue weighted by Crippen LogP contribution is 2.38. The first-order valence-electron chi connectivity index (χ1n) is 4.01. The fraction of sp³-hybridized carbons (Fsp3) is 0.222. The largest absolute Gasteiger partial charge is 0.397 e. The minimum atomic E-state index is 0.628. The van der Waals surface area contributed by atoms with Crippen molar-refractivity contribution in [2.75, 3.05) is 24.2 Å². The highest BCUT2D eigenvalue weighted by atomic mass is 35.5. The molecule has 0 saturated carbocycles. The topological polar surface area (TPSA) is 41.6 Å². The number of nitrogen functional groups attached to an aromatic ring is 1. The number of hydrogen-bond donors (Lipinski definition) is 1. The van der Waals surface area contributed by atoms with Crippen molar-refractivity contribution in [3.63, 3.8) is 0 Å². The molecule has 3 nitrogen and oxygen atoms in total. The summed E-state index contributed by atoms with van der Waals surface area (Å²) in [6.07, 6.45) is 1.85. The Kier molecular flexibility index (Phi) is 1.88. The molecule has 0 bridgehead atoms. The van der Waals surface area contributed by atoms with E-state index in [9.17, 15) is 0 Å². The van der Waals surface area contributed by atoms with Crippen LogP contribution in [0, 0.1) is 0 Å². The summed E-state index contributed by atoms with van der Waals surface area (Å²) in [5.41, 5.74) is 8.33. The summed E-state index contributed by atoms with van der Waals surface area (Å²) < 4.78 is 0. The highest BCUT2D eigenvalue weighted by molar-refractivity contribution is 6.31. The number of nitrogens with zero attached hydrogens (tertiary/aromatic N) is 2. The summed E-state index contributed by atoms with van der Waals surface area (Å²) >= 11 is 5.86. The van der Waals surface area contributed by atoms with E-state index in [4.69, 9.17) is 17.3 Å². The van der Waals surface area contributed by atoms with E-state index < -0.39 is 0 Å². The standard InChI is InChI=1S/C9H10ClN3/c1-13-3-2-12-8-5-6(10)4-7(11)9(8)13/h2,4-5H,3,11H2,1H3. The first-order chi connectivity index (χ1) is 6.18. The predicted molar refractivity (Wildman–Crippen MR) is 57.3 cm³/mol. The number of fused-ring (bicyclic) bond motifs is 1. The molecule has 1 aliphatic heterocycles. The van der Waals surface area contributed by atoms with Crippen molar-refractivity contribution in [1.82, 2.24) is 0 Å². The molecule has 0 aromatic heterocycles. The molecule has 1 aliphatic rings. The molecule has 1 heterocycles. The zero-order valence-corrected chi connectivity index (χ0v) is 8.04. The van der Waals surface area contributed by atoms with E-state index >= 15 is 0 Å². The Morgan fingerprint density at radius 3 is 3.08 bits per heavy atom. The van der Waals surface area contributed by atoms with Gasteiger partial charge in [-0.25, -0.2) is 0 Å². The van der Waals surface area contributed by atoms with Gasteiger partial charge in [-0.1, -0.05) is 11.6 Å². The molecule has 0 fully saturated rings. The van der Waals surface area contributed by atoms with Gasteiger partial charge in [0.25, 0.3) is 0 Å². The van der Waals surface area contributed by atoms with Crippen molar-refractivity contribution in [2.45, 2.75) is 0 Å². The second-order valence-corrected chi connectivity index (χ2v) is 3.49. The molecule has 0 aliphatic carbocycles. The van der Waals surface area contributed by atoms with Crippen LogP contribution < -0.4 is 10.6 Å². The lowest BCUT2D eigenvalue weighted by molar-refractivity contribution is 1.05. The molecule has 0 spiro atoms. The van der Waals surface area contributed by atoms with Crippen LogP contribution in [0.15, 0.2) is 17.1 Å². The predicted octanol–water partition coefficient (Wildman–Crippen LogP) is 2.07. The Labute approximate surface area is 81.8 Å². The van der Waals surface area contributed by atoms with E-state index in [-0.39, 0.29) is 0 Å². The van der Waals surface area contributed by atoms with Gasteiger partial charge in [0.15, 0.2) is 0 Å². The Morgan fingerprint density at radius 2 is 2.31 bits per heavy atom. The van der Waals surface area contributed by atoms with Gasteiger partial charge in [0.05, 0.1) is 23.6 Å². The maximum absolute atomic E-state index is 5.86. The summed E-state index contributed by atoms with van der Waals surface area (Å²) in [6, 6.07) is 3.57. The van der Waals surface area contributed by atoms with Crippen LogP contribution >= 0.6 is 11.6 Å². The van der Waals surface area contributed by atoms with Crippen LogP contribution in [0.1, 0.15) is 0 Å². The van der Waals surface area contributed by atoms with E-state index in [1.54, 1.807) is 6.07 Å². The third-order valence-electron chi connectivity index (χ3n) is 2.05. The van der Waals surface area contributed by atoms with Crippen LogP contribution in [0.3, 0.4) is 0 Å². The molecule has 2 N–H and O–H groups in total. The number of halogens is 1. The second-order valence-electron chi connectivity index (χ2n) is 3.05. The normalized spacial score (nSPS) is 14.5. The first kappa shape index (κ1) is 8.38. The molecule has 4 heteroatoms. The number of rotatable bonds is 0. The summed E-state index contributed by atoms with van der Waals surface area (Å²) in [4.78, 5) is 6.28. The summed E-state index contributed by atoms with van der Waals surface area (Å²) in [5, 5.41) is 0.628. The van der Waals surface area contributed by atoms with Crippen molar-refractivity contribution in [3.05, 3.63) is 17.2 Å². The van der Waals surface area contributed by atoms with Crippen molar-refractivity contribution in [2.24, 2.45) is 4.99 Å². The lowest BCUT2D eigenvalue weighted by atomic mass is 10.2. The van der Waals surface area contributed by atoms with Gasteiger partial charge < -0.3 is 10.6 Å². The molecule has 0 amide bonds. The average molecular weight is 196 g/mol. The van der Waals surface area contributed by atoms with Gasteiger partial charge in [-0.15, -0.1) is 0 Å². The zero-order chi connectivity index (χ0) is 9.42. The van der Waals surface area contributed by atoms with Gasteiger partial charge in [-0.2, -0.15) is 0 Å². The molecule has 1 aromatic carbocycles. The van der Waals surface area contributed by atoms with Gasteiger partial charge in [0, 0.05) is 18.3 Å². The van der Waals surface area contributed by atoms with Crippen LogP contribution in [-0.4, -0.2) is 19.8 Å². The smallest absolute Gasteiger partial charge is 0.0896 e. The third-order valence-corrected chi connectivity index (χ3v) is 2.27. The zero-order valence-electron chi connectivity index (χ0n) is 7.29. The lowest BCUT2D eigenvalue weighted by Crippen LogP contribution is -2.23. The average Bonchev–Trinajstić information content (AvgIpc) is 2.02. The van der Waals surface area contributed by atoms with Crippen molar-refractivity contribution in [1.29, 1.82) is 0 Å². The van der Waals surface area contributed by atoms with E-state index in [1.807, 2.05) is 24.2 Å². The van der Waals surface area contributed by atoms with Crippen molar-refractivity contribution in [3.8, 4) is 0 Å². The maximum Gasteiger partial charge on any atom is 0.0896 e. The Balaban J connectivity index is 2.65. The Bertz CT molecular complexity index is 373. The number of anilines is 2. The van der Waals surface area contributed by atoms with Crippen LogP contribution in [0.2, 0.25) is 5.02 Å². The lowest BCUT2D eigenvalue weighted by Gasteiger charge is -2.24. The van der Waals surface area contributed by atoms with Crippen molar-refractivity contribution < 1.29 is 0 Å². The second kappa shape index (κ2) is 2.92. The van der Waals surface area contributed by atoms with Gasteiger partial charge >= 0.3 is 0 Å². The Morgan fingerprint density at radius 1 is 1.54 bits per heavy atom. The fourth-order valence-corrected chi connectivity index (χ4v) is 1.69. The molecule has 68 valence electrons. The minimum Gasteiger partial charge on any atom is -0.397 e. The van der Waals surface area contributed by atoms with E-state index in [1.165, 1.54) is 0 Å². The fourth-order valence-electron chi connectivity index (χ4n) is 1.47. The van der Waals surface area contributed by atoms with Gasteiger partial charge in [0.2, 0.25) is 0 Å². The Hall–Kier alpha value is -1.22. The molecule has 0 unspecified atom stereocenters. The number of hydrogen-bond acceptors (Lipinski definition) is 3. The molecule has 0 saturated heterocycles. The summed E-state index contributed by atoms with van der Waals surface area (Å²) in [7, 11) is 1.98. The SMILES string of the molecule is CN1CC=Nc2cc(Cl)cc(N)c21.